The topological polar surface area (TPSA) is 66.5 Å². The lowest BCUT2D eigenvalue weighted by atomic mass is 10.2. The minimum absolute atomic E-state index is 0.0518. The number of carbonyl (C=O) groups excluding carboxylic acids is 1. The predicted molar refractivity (Wildman–Crippen MR) is 105 cm³/mol. The molecule has 0 aliphatic carbocycles. The van der Waals surface area contributed by atoms with Crippen molar-refractivity contribution in [3.05, 3.63) is 89.7 Å². The summed E-state index contributed by atoms with van der Waals surface area (Å²) in [5.41, 5.74) is 2.28. The van der Waals surface area contributed by atoms with E-state index < -0.39 is 21.7 Å². The molecule has 1 aliphatic heterocycles. The van der Waals surface area contributed by atoms with Crippen molar-refractivity contribution in [3.63, 3.8) is 0 Å². The van der Waals surface area contributed by atoms with Gasteiger partial charge in [-0.15, -0.1) is 0 Å². The molecule has 0 aromatic heterocycles. The van der Waals surface area contributed by atoms with E-state index in [0.29, 0.717) is 24.3 Å². The van der Waals surface area contributed by atoms with Gasteiger partial charge in [-0.2, -0.15) is 0 Å². The molecule has 142 valence electrons. The molecular formula is C21H17FN2O3S. The van der Waals surface area contributed by atoms with E-state index in [1.165, 1.54) is 52.8 Å². The smallest absolute Gasteiger partial charge is 0.264 e. The number of amides is 1. The molecule has 3 aromatic rings. The number of hydrogen-bond acceptors (Lipinski definition) is 3. The Bertz CT molecular complexity index is 1140. The molecule has 0 spiro atoms. The lowest BCUT2D eigenvalue weighted by Crippen LogP contribution is -2.29. The van der Waals surface area contributed by atoms with Crippen LogP contribution in [0.5, 0.6) is 0 Å². The van der Waals surface area contributed by atoms with Crippen LogP contribution in [0.25, 0.3) is 0 Å². The van der Waals surface area contributed by atoms with Crippen molar-refractivity contribution < 1.29 is 17.6 Å². The Kier molecular flexibility index (Phi) is 4.60. The van der Waals surface area contributed by atoms with Crippen molar-refractivity contribution >= 4 is 27.3 Å². The number of anilines is 2. The largest absolute Gasteiger partial charge is 0.322 e. The summed E-state index contributed by atoms with van der Waals surface area (Å²) in [5.74, 6) is -0.873. The number of fused-ring (bicyclic) bond motifs is 1. The number of hydrogen-bond donors (Lipinski definition) is 1. The Morgan fingerprint density at radius 3 is 2.50 bits per heavy atom. The van der Waals surface area contributed by atoms with Crippen molar-refractivity contribution in [3.8, 4) is 0 Å². The number of carbonyl (C=O) groups is 1. The number of nitrogens with zero attached hydrogens (tertiary/aromatic N) is 1. The predicted octanol–water partition coefficient (Wildman–Crippen LogP) is 3.83. The molecule has 0 unspecified atom stereocenters. The molecular weight excluding hydrogens is 379 g/mol. The van der Waals surface area contributed by atoms with Gasteiger partial charge in [0.25, 0.3) is 15.9 Å². The number of sulfonamides is 1. The molecule has 0 fully saturated rings. The zero-order valence-corrected chi connectivity index (χ0v) is 15.6. The Balaban J connectivity index is 1.61. The molecule has 4 rings (SSSR count). The van der Waals surface area contributed by atoms with E-state index in [9.17, 15) is 17.6 Å². The van der Waals surface area contributed by atoms with E-state index in [0.717, 1.165) is 5.56 Å². The number of para-hydroxylation sites is 1. The van der Waals surface area contributed by atoms with Gasteiger partial charge in [0.15, 0.2) is 0 Å². The zero-order valence-electron chi connectivity index (χ0n) is 14.8. The molecule has 1 heterocycles. The molecule has 1 aliphatic rings. The van der Waals surface area contributed by atoms with Gasteiger partial charge >= 0.3 is 0 Å². The molecule has 0 bridgehead atoms. The van der Waals surface area contributed by atoms with Crippen LogP contribution >= 0.6 is 0 Å². The third-order valence-electron chi connectivity index (χ3n) is 4.63. The van der Waals surface area contributed by atoms with Crippen molar-refractivity contribution in [1.29, 1.82) is 0 Å². The van der Waals surface area contributed by atoms with Crippen molar-refractivity contribution in [2.75, 3.05) is 16.2 Å². The van der Waals surface area contributed by atoms with E-state index in [1.807, 2.05) is 12.1 Å². The first kappa shape index (κ1) is 18.2. The van der Waals surface area contributed by atoms with Crippen LogP contribution in [0.2, 0.25) is 0 Å². The summed E-state index contributed by atoms with van der Waals surface area (Å²) in [5, 5.41) is 2.64. The van der Waals surface area contributed by atoms with E-state index in [1.54, 1.807) is 12.1 Å². The fourth-order valence-corrected chi connectivity index (χ4v) is 4.77. The van der Waals surface area contributed by atoms with Gasteiger partial charge in [0, 0.05) is 17.8 Å². The highest BCUT2D eigenvalue weighted by Gasteiger charge is 2.30. The molecule has 0 atom stereocenters. The van der Waals surface area contributed by atoms with E-state index in [4.69, 9.17) is 0 Å². The van der Waals surface area contributed by atoms with Crippen LogP contribution in [-0.4, -0.2) is 20.9 Å². The molecule has 0 saturated carbocycles. The summed E-state index contributed by atoms with van der Waals surface area (Å²) in [6.45, 7) is 0.369. The summed E-state index contributed by atoms with van der Waals surface area (Å²) in [7, 11) is -3.78. The van der Waals surface area contributed by atoms with Gasteiger partial charge in [-0.3, -0.25) is 9.10 Å². The minimum Gasteiger partial charge on any atom is -0.322 e. The molecule has 0 radical (unpaired) electrons. The Hall–Kier alpha value is -3.19. The van der Waals surface area contributed by atoms with Crippen molar-refractivity contribution in [1.82, 2.24) is 0 Å². The highest BCUT2D eigenvalue weighted by molar-refractivity contribution is 7.92. The first-order valence-electron chi connectivity index (χ1n) is 8.73. The maximum Gasteiger partial charge on any atom is 0.264 e. The van der Waals surface area contributed by atoms with E-state index in [-0.39, 0.29) is 10.5 Å². The number of nitrogens with one attached hydrogen (secondary N) is 1. The fourth-order valence-electron chi connectivity index (χ4n) is 3.22. The zero-order chi connectivity index (χ0) is 19.7. The van der Waals surface area contributed by atoms with Gasteiger partial charge in [-0.05, 0) is 60.5 Å². The Morgan fingerprint density at radius 1 is 0.964 bits per heavy atom. The first-order valence-corrected chi connectivity index (χ1v) is 10.2. The number of halogens is 1. The summed E-state index contributed by atoms with van der Waals surface area (Å²) in [6.07, 6.45) is 0.653. The summed E-state index contributed by atoms with van der Waals surface area (Å²) < 4.78 is 40.6. The van der Waals surface area contributed by atoms with Crippen molar-refractivity contribution in [2.45, 2.75) is 11.3 Å². The van der Waals surface area contributed by atoms with Crippen LogP contribution in [-0.2, 0) is 16.4 Å². The van der Waals surface area contributed by atoms with Crippen LogP contribution in [0.15, 0.2) is 77.7 Å². The van der Waals surface area contributed by atoms with Gasteiger partial charge < -0.3 is 5.32 Å². The molecule has 28 heavy (non-hydrogen) atoms. The standard InChI is InChI=1S/C21H17FN2O3S/c22-17-8-10-18(11-9-17)23-21(25)16-5-3-6-19(14-16)28(26,27)24-13-12-15-4-1-2-7-20(15)24/h1-11,14H,12-13H2,(H,23,25). The molecule has 1 N–H and O–H groups in total. The van der Waals surface area contributed by atoms with Crippen LogP contribution in [0.1, 0.15) is 15.9 Å². The van der Waals surface area contributed by atoms with Crippen LogP contribution in [0, 0.1) is 5.82 Å². The normalized spacial score (nSPS) is 13.2. The second kappa shape index (κ2) is 7.09. The van der Waals surface area contributed by atoms with E-state index >= 15 is 0 Å². The SMILES string of the molecule is O=C(Nc1ccc(F)cc1)c1cccc(S(=O)(=O)N2CCc3ccccc32)c1. The first-order chi connectivity index (χ1) is 13.4. The monoisotopic (exact) mass is 396 g/mol. The summed E-state index contributed by atoms with van der Waals surface area (Å²) >= 11 is 0. The third kappa shape index (κ3) is 3.36. The molecule has 5 nitrogen and oxygen atoms in total. The van der Waals surface area contributed by atoms with Gasteiger partial charge in [0.05, 0.1) is 10.6 Å². The van der Waals surface area contributed by atoms with Gasteiger partial charge in [0.1, 0.15) is 5.82 Å². The average Bonchev–Trinajstić information content (AvgIpc) is 3.15. The van der Waals surface area contributed by atoms with E-state index in [2.05, 4.69) is 5.32 Å². The fraction of sp³-hybridized carbons (Fsp3) is 0.0952. The molecule has 0 saturated heterocycles. The molecule has 7 heteroatoms. The lowest BCUT2D eigenvalue weighted by Gasteiger charge is -2.20. The Morgan fingerprint density at radius 2 is 1.71 bits per heavy atom. The lowest BCUT2D eigenvalue weighted by molar-refractivity contribution is 0.102. The van der Waals surface area contributed by atoms with Gasteiger partial charge in [-0.25, -0.2) is 12.8 Å². The molecule has 1 amide bonds. The minimum atomic E-state index is -3.78. The quantitative estimate of drug-likeness (QED) is 0.729. The maximum absolute atomic E-state index is 13.1. The second-order valence-corrected chi connectivity index (χ2v) is 8.31. The van der Waals surface area contributed by atoms with Crippen LogP contribution < -0.4 is 9.62 Å². The summed E-state index contributed by atoms with van der Waals surface area (Å²) in [4.78, 5) is 12.5. The summed E-state index contributed by atoms with van der Waals surface area (Å²) in [6, 6.07) is 18.6. The highest BCUT2D eigenvalue weighted by atomic mass is 32.2. The second-order valence-electron chi connectivity index (χ2n) is 6.44. The highest BCUT2D eigenvalue weighted by Crippen LogP contribution is 2.32. The number of rotatable bonds is 4. The molecule has 3 aromatic carbocycles. The Labute approximate surface area is 162 Å². The maximum atomic E-state index is 13.1. The van der Waals surface area contributed by atoms with Crippen LogP contribution in [0.4, 0.5) is 15.8 Å². The van der Waals surface area contributed by atoms with Gasteiger partial charge in [0.2, 0.25) is 0 Å². The number of benzene rings is 3. The van der Waals surface area contributed by atoms with Gasteiger partial charge in [-0.1, -0.05) is 24.3 Å². The van der Waals surface area contributed by atoms with Crippen molar-refractivity contribution in [2.24, 2.45) is 0 Å². The third-order valence-corrected chi connectivity index (χ3v) is 6.44. The van der Waals surface area contributed by atoms with Crippen LogP contribution in [0.3, 0.4) is 0 Å². The average molecular weight is 396 g/mol.